The van der Waals surface area contributed by atoms with Crippen molar-refractivity contribution in [2.75, 3.05) is 5.32 Å². The van der Waals surface area contributed by atoms with Gasteiger partial charge in [-0.3, -0.25) is 25.2 Å². The standard InChI is InChI=1S/C19H17Cl3N4O3S/c20-12-3-1-11(2-4-12)9-18(29)24-19(30)26-25-17(28)8-7-16(27)23-15-6-5-13(21)10-14(15)22/h1-6,10H,7-9H2,(H,23,27)(H,25,28)(H2,24,26,29,30). The fraction of sp³-hybridized carbons (Fsp3) is 0.158. The van der Waals surface area contributed by atoms with Crippen molar-refractivity contribution >= 4 is 75.5 Å². The van der Waals surface area contributed by atoms with Crippen LogP contribution in [-0.4, -0.2) is 22.8 Å². The maximum absolute atomic E-state index is 11.9. The maximum Gasteiger partial charge on any atom is 0.238 e. The van der Waals surface area contributed by atoms with E-state index in [2.05, 4.69) is 21.5 Å². The minimum atomic E-state index is -0.485. The summed E-state index contributed by atoms with van der Waals surface area (Å²) in [5.74, 6) is -1.24. The normalized spacial score (nSPS) is 10.1. The molecule has 0 saturated carbocycles. The van der Waals surface area contributed by atoms with Crippen molar-refractivity contribution in [3.8, 4) is 0 Å². The highest BCUT2D eigenvalue weighted by Crippen LogP contribution is 2.25. The molecule has 0 bridgehead atoms. The van der Waals surface area contributed by atoms with Crippen molar-refractivity contribution in [1.82, 2.24) is 16.2 Å². The predicted molar refractivity (Wildman–Crippen MR) is 122 cm³/mol. The van der Waals surface area contributed by atoms with Crippen molar-refractivity contribution in [3.63, 3.8) is 0 Å². The summed E-state index contributed by atoms with van der Waals surface area (Å²) in [5, 5.41) is 6.27. The molecule has 158 valence electrons. The summed E-state index contributed by atoms with van der Waals surface area (Å²) in [4.78, 5) is 35.7. The number of carbonyl (C=O) groups excluding carboxylic acids is 3. The first-order valence-electron chi connectivity index (χ1n) is 8.61. The van der Waals surface area contributed by atoms with Crippen LogP contribution in [0.3, 0.4) is 0 Å². The van der Waals surface area contributed by atoms with Crippen molar-refractivity contribution < 1.29 is 14.4 Å². The van der Waals surface area contributed by atoms with Crippen LogP contribution >= 0.6 is 47.0 Å². The largest absolute Gasteiger partial charge is 0.325 e. The van der Waals surface area contributed by atoms with Crippen LogP contribution in [0, 0.1) is 0 Å². The van der Waals surface area contributed by atoms with Gasteiger partial charge in [0.15, 0.2) is 5.11 Å². The van der Waals surface area contributed by atoms with E-state index in [0.717, 1.165) is 5.56 Å². The second-order valence-corrected chi connectivity index (χ2v) is 7.71. The molecule has 2 aromatic rings. The first-order chi connectivity index (χ1) is 14.2. The summed E-state index contributed by atoms with van der Waals surface area (Å²) < 4.78 is 0. The molecule has 3 amide bonds. The third-order valence-electron chi connectivity index (χ3n) is 3.63. The Morgan fingerprint density at radius 1 is 0.800 bits per heavy atom. The number of benzene rings is 2. The highest BCUT2D eigenvalue weighted by Gasteiger charge is 2.11. The molecule has 4 N–H and O–H groups in total. The van der Waals surface area contributed by atoms with Gasteiger partial charge in [-0.1, -0.05) is 46.9 Å². The van der Waals surface area contributed by atoms with Crippen LogP contribution in [0.15, 0.2) is 42.5 Å². The molecule has 0 heterocycles. The molecule has 2 aromatic carbocycles. The van der Waals surface area contributed by atoms with E-state index in [1.54, 1.807) is 36.4 Å². The van der Waals surface area contributed by atoms with E-state index < -0.39 is 11.8 Å². The Hall–Kier alpha value is -2.39. The van der Waals surface area contributed by atoms with Gasteiger partial charge in [0, 0.05) is 22.9 Å². The van der Waals surface area contributed by atoms with Crippen LogP contribution in [0.4, 0.5) is 5.69 Å². The van der Waals surface area contributed by atoms with E-state index in [4.69, 9.17) is 47.0 Å². The Balaban J connectivity index is 1.66. The van der Waals surface area contributed by atoms with Gasteiger partial charge < -0.3 is 10.6 Å². The lowest BCUT2D eigenvalue weighted by Gasteiger charge is -2.11. The van der Waals surface area contributed by atoms with Crippen molar-refractivity contribution in [2.24, 2.45) is 0 Å². The average molecular weight is 488 g/mol. The van der Waals surface area contributed by atoms with Crippen LogP contribution in [0.5, 0.6) is 0 Å². The molecular weight excluding hydrogens is 471 g/mol. The Labute approximate surface area is 193 Å². The second kappa shape index (κ2) is 11.7. The van der Waals surface area contributed by atoms with E-state index in [0.29, 0.717) is 20.8 Å². The van der Waals surface area contributed by atoms with E-state index in [9.17, 15) is 14.4 Å². The molecule has 0 aliphatic heterocycles. The minimum Gasteiger partial charge on any atom is -0.325 e. The molecule has 0 aliphatic rings. The number of rotatable bonds is 6. The van der Waals surface area contributed by atoms with Crippen LogP contribution in [-0.2, 0) is 20.8 Å². The number of halogens is 3. The SMILES string of the molecule is O=C(CCC(=O)Nc1ccc(Cl)cc1Cl)NNC(=S)NC(=O)Cc1ccc(Cl)cc1. The van der Waals surface area contributed by atoms with Crippen molar-refractivity contribution in [1.29, 1.82) is 0 Å². The zero-order chi connectivity index (χ0) is 22.1. The molecule has 30 heavy (non-hydrogen) atoms. The van der Waals surface area contributed by atoms with Gasteiger partial charge in [0.1, 0.15) is 0 Å². The Bertz CT molecular complexity index is 955. The number of hydrogen-bond donors (Lipinski definition) is 4. The molecule has 7 nitrogen and oxygen atoms in total. The second-order valence-electron chi connectivity index (χ2n) is 6.03. The van der Waals surface area contributed by atoms with E-state index in [1.807, 2.05) is 0 Å². The Kier molecular flexibility index (Phi) is 9.32. The molecule has 0 fully saturated rings. The minimum absolute atomic E-state index is 0.0697. The van der Waals surface area contributed by atoms with Gasteiger partial charge in [-0.25, -0.2) is 0 Å². The van der Waals surface area contributed by atoms with Crippen molar-refractivity contribution in [3.05, 3.63) is 63.1 Å². The fourth-order valence-electron chi connectivity index (χ4n) is 2.21. The molecule has 0 radical (unpaired) electrons. The summed E-state index contributed by atoms with van der Waals surface area (Å²) in [6.45, 7) is 0. The monoisotopic (exact) mass is 486 g/mol. The van der Waals surface area contributed by atoms with E-state index in [-0.39, 0.29) is 30.3 Å². The Morgan fingerprint density at radius 3 is 2.10 bits per heavy atom. The lowest BCUT2D eigenvalue weighted by atomic mass is 10.1. The predicted octanol–water partition coefficient (Wildman–Crippen LogP) is 3.63. The lowest BCUT2D eigenvalue weighted by molar-refractivity contribution is -0.124. The van der Waals surface area contributed by atoms with Crippen molar-refractivity contribution in [2.45, 2.75) is 19.3 Å². The molecule has 0 unspecified atom stereocenters. The summed E-state index contributed by atoms with van der Waals surface area (Å²) in [6.07, 6.45) is -0.0894. The number of hydrogen-bond acceptors (Lipinski definition) is 4. The highest BCUT2D eigenvalue weighted by atomic mass is 35.5. The Morgan fingerprint density at radius 2 is 1.43 bits per heavy atom. The molecule has 0 saturated heterocycles. The third kappa shape index (κ3) is 8.54. The first-order valence-corrected chi connectivity index (χ1v) is 10.1. The summed E-state index contributed by atoms with van der Waals surface area (Å²) in [6, 6.07) is 11.5. The van der Waals surface area contributed by atoms with E-state index in [1.165, 1.54) is 6.07 Å². The molecular formula is C19H17Cl3N4O3S. The average Bonchev–Trinajstić information content (AvgIpc) is 2.68. The van der Waals surface area contributed by atoms with Gasteiger partial charge in [-0.15, -0.1) is 0 Å². The molecule has 0 aromatic heterocycles. The number of anilines is 1. The smallest absolute Gasteiger partial charge is 0.238 e. The number of nitrogens with one attached hydrogen (secondary N) is 4. The third-order valence-corrected chi connectivity index (χ3v) is 4.63. The quantitative estimate of drug-likeness (QED) is 0.368. The molecule has 2 rings (SSSR count). The van der Waals surface area contributed by atoms with Crippen LogP contribution in [0.1, 0.15) is 18.4 Å². The molecule has 0 spiro atoms. The van der Waals surface area contributed by atoms with Gasteiger partial charge in [0.25, 0.3) is 0 Å². The van der Waals surface area contributed by atoms with Gasteiger partial charge >= 0.3 is 0 Å². The maximum atomic E-state index is 11.9. The van der Waals surface area contributed by atoms with Gasteiger partial charge in [-0.05, 0) is 48.1 Å². The molecule has 11 heteroatoms. The van der Waals surface area contributed by atoms with Gasteiger partial charge in [0.2, 0.25) is 17.7 Å². The first kappa shape index (κ1) is 23.9. The zero-order valence-corrected chi connectivity index (χ0v) is 18.5. The summed E-state index contributed by atoms with van der Waals surface area (Å²) in [5.41, 5.74) is 5.88. The van der Waals surface area contributed by atoms with Gasteiger partial charge in [0.05, 0.1) is 17.1 Å². The lowest BCUT2D eigenvalue weighted by Crippen LogP contribution is -2.48. The molecule has 0 aliphatic carbocycles. The zero-order valence-electron chi connectivity index (χ0n) is 15.4. The topological polar surface area (TPSA) is 99.3 Å². The number of hydrazine groups is 1. The molecule has 0 atom stereocenters. The summed E-state index contributed by atoms with van der Waals surface area (Å²) >= 11 is 22.5. The van der Waals surface area contributed by atoms with E-state index >= 15 is 0 Å². The number of thiocarbonyl (C=S) groups is 1. The van der Waals surface area contributed by atoms with Crippen LogP contribution in [0.2, 0.25) is 15.1 Å². The number of carbonyl (C=O) groups is 3. The summed E-state index contributed by atoms with van der Waals surface area (Å²) in [7, 11) is 0. The fourth-order valence-corrected chi connectivity index (χ4v) is 2.96. The highest BCUT2D eigenvalue weighted by molar-refractivity contribution is 7.80. The number of amides is 3. The van der Waals surface area contributed by atoms with Crippen LogP contribution < -0.4 is 21.5 Å². The van der Waals surface area contributed by atoms with Gasteiger partial charge in [-0.2, -0.15) is 0 Å². The van der Waals surface area contributed by atoms with Crippen LogP contribution in [0.25, 0.3) is 0 Å².